The Morgan fingerprint density at radius 1 is 0.800 bits per heavy atom. The van der Waals surface area contributed by atoms with Crippen molar-refractivity contribution in [2.75, 3.05) is 0 Å². The summed E-state index contributed by atoms with van der Waals surface area (Å²) in [6.45, 7) is 0. The minimum absolute atomic E-state index is 0. The predicted molar refractivity (Wildman–Crippen MR) is 34.8 cm³/mol. The van der Waals surface area contributed by atoms with Gasteiger partial charge < -0.3 is 5.48 Å². The van der Waals surface area contributed by atoms with E-state index in [1.54, 1.807) is 0 Å². The third kappa shape index (κ3) is 41.6. The lowest BCUT2D eigenvalue weighted by atomic mass is 12.0. The van der Waals surface area contributed by atoms with Gasteiger partial charge >= 0.3 is 0 Å². The SMILES string of the molecule is C.Cl.Cl.O.[AlH3]. The van der Waals surface area contributed by atoms with Crippen LogP contribution in [0.4, 0.5) is 0 Å². The summed E-state index contributed by atoms with van der Waals surface area (Å²) in [5.41, 5.74) is 0. The zero-order valence-corrected chi connectivity index (χ0v) is 2.95. The van der Waals surface area contributed by atoms with Gasteiger partial charge in [-0.15, -0.1) is 24.8 Å². The van der Waals surface area contributed by atoms with Crippen molar-refractivity contribution in [1.29, 1.82) is 0 Å². The van der Waals surface area contributed by atoms with E-state index in [0.29, 0.717) is 0 Å². The van der Waals surface area contributed by atoms with Crippen LogP contribution in [0.25, 0.3) is 0 Å². The van der Waals surface area contributed by atoms with Gasteiger partial charge in [-0.25, -0.2) is 0 Å². The van der Waals surface area contributed by atoms with Crippen molar-refractivity contribution in [3.63, 3.8) is 0 Å². The first-order valence-electron chi connectivity index (χ1n) is 0. The smallest absolute Gasteiger partial charge is 0.187 e. The molecule has 0 aliphatic heterocycles. The molecule has 0 radical (unpaired) electrons. The van der Waals surface area contributed by atoms with Crippen LogP contribution in [-0.2, 0) is 0 Å². The lowest BCUT2D eigenvalue weighted by Crippen LogP contribution is -0.381. The fourth-order valence-electron chi connectivity index (χ4n) is 0. The monoisotopic (exact) mass is 136 g/mol. The topological polar surface area (TPSA) is 31.5 Å². The van der Waals surface area contributed by atoms with E-state index >= 15 is 0 Å². The van der Waals surface area contributed by atoms with Crippen LogP contribution in [0.2, 0.25) is 0 Å². The fraction of sp³-hybridized carbons (Fsp3) is 1.00. The highest BCUT2D eigenvalue weighted by atomic mass is 35.5. The number of rotatable bonds is 0. The summed E-state index contributed by atoms with van der Waals surface area (Å²) in [4.78, 5) is 0. The predicted octanol–water partition coefficient (Wildman–Crippen LogP) is -0.529. The first kappa shape index (κ1) is 136. The van der Waals surface area contributed by atoms with Gasteiger partial charge in [-0.2, -0.15) is 0 Å². The highest BCUT2D eigenvalue weighted by molar-refractivity contribution is 5.85. The molecule has 0 atom stereocenters. The zero-order valence-electron chi connectivity index (χ0n) is 1.32. The molecular formula is CH11AlCl2O. The Morgan fingerprint density at radius 3 is 0.800 bits per heavy atom. The Kier molecular flexibility index (Phi) is 1990. The van der Waals surface area contributed by atoms with Crippen LogP contribution in [0.5, 0.6) is 0 Å². The molecule has 0 aliphatic rings. The number of hydrogen-bond acceptors (Lipinski definition) is 0. The van der Waals surface area contributed by atoms with Crippen molar-refractivity contribution in [3.8, 4) is 0 Å². The minimum Gasteiger partial charge on any atom is -0.412 e. The van der Waals surface area contributed by atoms with Gasteiger partial charge in [0.05, 0.1) is 0 Å². The van der Waals surface area contributed by atoms with E-state index in [2.05, 4.69) is 0 Å². The highest BCUT2D eigenvalue weighted by Gasteiger charge is 0.187. The zero-order chi connectivity index (χ0) is 0. The quantitative estimate of drug-likeness (QED) is 0.402. The summed E-state index contributed by atoms with van der Waals surface area (Å²) in [6, 6.07) is 0. The molecule has 0 saturated carbocycles. The molecule has 0 aliphatic carbocycles. The molecule has 0 amide bonds. The van der Waals surface area contributed by atoms with Crippen LogP contribution in [0, 0.1) is 0 Å². The van der Waals surface area contributed by atoms with E-state index in [9.17, 15) is 0 Å². The summed E-state index contributed by atoms with van der Waals surface area (Å²) in [5.74, 6) is 0. The molecule has 1 nitrogen and oxygen atoms in total. The first-order valence-corrected chi connectivity index (χ1v) is 0. The molecule has 0 aromatic rings. The Bertz CT molecular complexity index is 9.61. The van der Waals surface area contributed by atoms with Gasteiger partial charge in [0.2, 0.25) is 0 Å². The van der Waals surface area contributed by atoms with E-state index in [4.69, 9.17) is 0 Å². The summed E-state index contributed by atoms with van der Waals surface area (Å²) in [5, 5.41) is 0. The van der Waals surface area contributed by atoms with Crippen LogP contribution in [0.1, 0.15) is 7.43 Å². The van der Waals surface area contributed by atoms with Crippen molar-refractivity contribution >= 4 is 42.2 Å². The van der Waals surface area contributed by atoms with Crippen molar-refractivity contribution in [2.24, 2.45) is 0 Å². The van der Waals surface area contributed by atoms with E-state index in [-0.39, 0.29) is 55.1 Å². The summed E-state index contributed by atoms with van der Waals surface area (Å²) >= 11 is 0. The van der Waals surface area contributed by atoms with Gasteiger partial charge in [0.15, 0.2) is 17.4 Å². The van der Waals surface area contributed by atoms with Gasteiger partial charge in [0, 0.05) is 0 Å². The van der Waals surface area contributed by atoms with Crippen molar-refractivity contribution < 1.29 is 5.48 Å². The van der Waals surface area contributed by atoms with Gasteiger partial charge in [-0.05, 0) is 0 Å². The largest absolute Gasteiger partial charge is 0.412 e. The van der Waals surface area contributed by atoms with E-state index in [1.807, 2.05) is 0 Å². The second-order valence-corrected chi connectivity index (χ2v) is 0. The second kappa shape index (κ2) is 73.1. The average molecular weight is 137 g/mol. The molecule has 2 N–H and O–H groups in total. The molecule has 0 saturated heterocycles. The Balaban J connectivity index is 0. The lowest BCUT2D eigenvalue weighted by molar-refractivity contribution is 0.824. The molecule has 4 heteroatoms. The molecule has 0 aromatic heterocycles. The summed E-state index contributed by atoms with van der Waals surface area (Å²) in [7, 11) is 0. The average Bonchev–Trinajstić information content (AvgIpc) is 0. The third-order valence-electron chi connectivity index (χ3n) is 0. The van der Waals surface area contributed by atoms with Gasteiger partial charge in [0.1, 0.15) is 0 Å². The summed E-state index contributed by atoms with van der Waals surface area (Å²) < 4.78 is 0. The van der Waals surface area contributed by atoms with Crippen LogP contribution in [0.3, 0.4) is 0 Å². The van der Waals surface area contributed by atoms with E-state index in [0.717, 1.165) is 0 Å². The molecule has 0 unspecified atom stereocenters. The van der Waals surface area contributed by atoms with Crippen molar-refractivity contribution in [3.05, 3.63) is 0 Å². The standard InChI is InChI=1S/CH4.Al.2ClH.H2O.3H/h1H4;;2*1H;1H2;;;. The molecule has 0 heterocycles. The molecule has 0 rings (SSSR count). The van der Waals surface area contributed by atoms with Crippen LogP contribution < -0.4 is 0 Å². The van der Waals surface area contributed by atoms with Gasteiger partial charge in [0.25, 0.3) is 0 Å². The molecular weight excluding hydrogens is 126 g/mol. The number of halogens is 2. The Hall–Kier alpha value is 1.07. The van der Waals surface area contributed by atoms with E-state index < -0.39 is 0 Å². The molecule has 5 heavy (non-hydrogen) atoms. The fourth-order valence-corrected chi connectivity index (χ4v) is 0. The normalized spacial score (nSPS) is 0. The first-order chi connectivity index (χ1) is 0. The van der Waals surface area contributed by atoms with Crippen molar-refractivity contribution in [1.82, 2.24) is 0 Å². The molecule has 0 spiro atoms. The maximum atomic E-state index is 0. The third-order valence-corrected chi connectivity index (χ3v) is 0. The lowest BCUT2D eigenvalue weighted by Gasteiger charge is -0.412. The molecule has 0 aromatic carbocycles. The minimum atomic E-state index is 0. The van der Waals surface area contributed by atoms with Gasteiger partial charge in [-0.1, -0.05) is 7.43 Å². The van der Waals surface area contributed by atoms with Gasteiger partial charge in [-0.3, -0.25) is 0 Å². The molecule has 0 bridgehead atoms. The Labute approximate surface area is 55.4 Å². The Morgan fingerprint density at radius 2 is 0.800 bits per heavy atom. The maximum absolute atomic E-state index is 0. The number of hydrogen-bond donors (Lipinski definition) is 0. The molecule has 38 valence electrons. The second-order valence-electron chi connectivity index (χ2n) is 0. The maximum Gasteiger partial charge on any atom is 0.187 e. The van der Waals surface area contributed by atoms with E-state index in [1.165, 1.54) is 0 Å². The van der Waals surface area contributed by atoms with Crippen LogP contribution >= 0.6 is 24.8 Å². The van der Waals surface area contributed by atoms with Crippen LogP contribution in [0.15, 0.2) is 0 Å². The summed E-state index contributed by atoms with van der Waals surface area (Å²) in [6.07, 6.45) is 0. The molecule has 0 fully saturated rings. The highest BCUT2D eigenvalue weighted by Crippen LogP contribution is 0.691. The van der Waals surface area contributed by atoms with Crippen molar-refractivity contribution in [2.45, 2.75) is 7.43 Å². The van der Waals surface area contributed by atoms with Crippen LogP contribution in [-0.4, -0.2) is 22.8 Å².